The van der Waals surface area contributed by atoms with Gasteiger partial charge in [0.05, 0.1) is 11.2 Å². The maximum atomic E-state index is 12.2. The molecule has 18 heavy (non-hydrogen) atoms. The number of aryl methyl sites for hydroxylation is 1. The molecule has 0 aliphatic rings. The van der Waals surface area contributed by atoms with Crippen molar-refractivity contribution in [3.63, 3.8) is 0 Å². The van der Waals surface area contributed by atoms with E-state index < -0.39 is 5.60 Å². The van der Waals surface area contributed by atoms with Gasteiger partial charge in [0.2, 0.25) is 0 Å². The molecule has 4 nitrogen and oxygen atoms in total. The normalized spacial score (nSPS) is 11.4. The molecule has 0 spiro atoms. The van der Waals surface area contributed by atoms with Gasteiger partial charge in [-0.2, -0.15) is 0 Å². The predicted molar refractivity (Wildman–Crippen MR) is 70.7 cm³/mol. The van der Waals surface area contributed by atoms with Crippen LogP contribution in [0.5, 0.6) is 5.75 Å². The fourth-order valence-electron chi connectivity index (χ4n) is 1.83. The summed E-state index contributed by atoms with van der Waals surface area (Å²) in [5.74, 6) is -0.315. The Balaban J connectivity index is 2.96. The van der Waals surface area contributed by atoms with Gasteiger partial charge < -0.3 is 15.1 Å². The first-order chi connectivity index (χ1) is 8.24. The van der Waals surface area contributed by atoms with Gasteiger partial charge in [0.15, 0.2) is 0 Å². The van der Waals surface area contributed by atoms with E-state index in [1.54, 1.807) is 33.0 Å². The molecule has 0 radical (unpaired) electrons. The van der Waals surface area contributed by atoms with Crippen molar-refractivity contribution in [2.45, 2.75) is 32.8 Å². The first kappa shape index (κ1) is 14.5. The smallest absolute Gasteiger partial charge is 0.257 e. The highest BCUT2D eigenvalue weighted by atomic mass is 16.3. The van der Waals surface area contributed by atoms with Gasteiger partial charge in [0, 0.05) is 13.6 Å². The van der Waals surface area contributed by atoms with E-state index in [1.807, 2.05) is 6.92 Å². The van der Waals surface area contributed by atoms with Crippen molar-refractivity contribution in [2.24, 2.45) is 0 Å². The largest absolute Gasteiger partial charge is 0.507 e. The van der Waals surface area contributed by atoms with E-state index in [1.165, 1.54) is 11.0 Å². The number of rotatable bonds is 4. The van der Waals surface area contributed by atoms with E-state index in [-0.39, 0.29) is 23.8 Å². The summed E-state index contributed by atoms with van der Waals surface area (Å²) in [6, 6.07) is 5.02. The first-order valence-corrected chi connectivity index (χ1v) is 6.04. The summed E-state index contributed by atoms with van der Waals surface area (Å²) in [5, 5.41) is 19.4. The standard InChI is InChI=1S/C14H21NO3/c1-5-10-6-7-12(16)11(8-10)13(17)15(4)9-14(2,3)18/h6-8,16,18H,5,9H2,1-4H3. The monoisotopic (exact) mass is 251 g/mol. The van der Waals surface area contributed by atoms with Gasteiger partial charge in [-0.05, 0) is 38.0 Å². The number of phenolic OH excluding ortho intramolecular Hbond substituents is 1. The molecule has 0 saturated carbocycles. The third kappa shape index (κ3) is 3.74. The lowest BCUT2D eigenvalue weighted by molar-refractivity contribution is 0.0366. The number of carbonyl (C=O) groups excluding carboxylic acids is 1. The van der Waals surface area contributed by atoms with Crippen LogP contribution < -0.4 is 0 Å². The first-order valence-electron chi connectivity index (χ1n) is 6.04. The van der Waals surface area contributed by atoms with E-state index in [0.717, 1.165) is 12.0 Å². The highest BCUT2D eigenvalue weighted by molar-refractivity contribution is 5.96. The molecule has 2 N–H and O–H groups in total. The fourth-order valence-corrected chi connectivity index (χ4v) is 1.83. The molecule has 1 amide bonds. The molecule has 100 valence electrons. The Kier molecular flexibility index (Phi) is 4.35. The van der Waals surface area contributed by atoms with Crippen LogP contribution in [-0.2, 0) is 6.42 Å². The Morgan fingerprint density at radius 3 is 2.50 bits per heavy atom. The number of aliphatic hydroxyl groups is 1. The molecule has 0 bridgehead atoms. The molecule has 0 atom stereocenters. The highest BCUT2D eigenvalue weighted by Crippen LogP contribution is 2.21. The number of amides is 1. The molecule has 0 heterocycles. The average Bonchev–Trinajstić information content (AvgIpc) is 2.26. The van der Waals surface area contributed by atoms with Gasteiger partial charge in [0.1, 0.15) is 5.75 Å². The molecule has 0 aliphatic heterocycles. The number of aromatic hydroxyl groups is 1. The molecule has 1 aromatic rings. The summed E-state index contributed by atoms with van der Waals surface area (Å²) >= 11 is 0. The van der Waals surface area contributed by atoms with Gasteiger partial charge in [-0.15, -0.1) is 0 Å². The van der Waals surface area contributed by atoms with Gasteiger partial charge in [-0.25, -0.2) is 0 Å². The number of hydrogen-bond donors (Lipinski definition) is 2. The Morgan fingerprint density at radius 1 is 1.39 bits per heavy atom. The zero-order valence-electron chi connectivity index (χ0n) is 11.4. The van der Waals surface area contributed by atoms with E-state index in [0.29, 0.717) is 0 Å². The summed E-state index contributed by atoms with van der Waals surface area (Å²) in [6.07, 6.45) is 0.801. The number of likely N-dealkylation sites (N-methyl/N-ethyl adjacent to an activating group) is 1. The van der Waals surface area contributed by atoms with E-state index in [9.17, 15) is 15.0 Å². The van der Waals surface area contributed by atoms with Crippen LogP contribution in [-0.4, -0.2) is 40.2 Å². The summed E-state index contributed by atoms with van der Waals surface area (Å²) < 4.78 is 0. The predicted octanol–water partition coefficient (Wildman–Crippen LogP) is 1.80. The molecule has 0 fully saturated rings. The lowest BCUT2D eigenvalue weighted by Crippen LogP contribution is -2.39. The lowest BCUT2D eigenvalue weighted by atomic mass is 10.1. The Morgan fingerprint density at radius 2 is 2.00 bits per heavy atom. The second-order valence-electron chi connectivity index (χ2n) is 5.18. The SMILES string of the molecule is CCc1ccc(O)c(C(=O)N(C)CC(C)(C)O)c1. The zero-order valence-corrected chi connectivity index (χ0v) is 11.4. The maximum Gasteiger partial charge on any atom is 0.257 e. The number of hydrogen-bond acceptors (Lipinski definition) is 3. The minimum Gasteiger partial charge on any atom is -0.507 e. The summed E-state index contributed by atoms with van der Waals surface area (Å²) in [4.78, 5) is 13.6. The summed E-state index contributed by atoms with van der Waals surface area (Å²) in [7, 11) is 1.61. The van der Waals surface area contributed by atoms with Crippen molar-refractivity contribution in [1.82, 2.24) is 4.90 Å². The van der Waals surface area contributed by atoms with Gasteiger partial charge in [0.25, 0.3) is 5.91 Å². The van der Waals surface area contributed by atoms with Crippen LogP contribution in [0.15, 0.2) is 18.2 Å². The molecule has 0 unspecified atom stereocenters. The Bertz CT molecular complexity index is 435. The topological polar surface area (TPSA) is 60.8 Å². The van der Waals surface area contributed by atoms with Crippen molar-refractivity contribution in [3.8, 4) is 5.75 Å². The average molecular weight is 251 g/mol. The Hall–Kier alpha value is -1.55. The number of carbonyl (C=O) groups is 1. The van der Waals surface area contributed by atoms with Crippen molar-refractivity contribution < 1.29 is 15.0 Å². The minimum atomic E-state index is -0.956. The molecule has 1 aromatic carbocycles. The van der Waals surface area contributed by atoms with E-state index >= 15 is 0 Å². The maximum absolute atomic E-state index is 12.2. The van der Waals surface area contributed by atoms with Crippen LogP contribution in [0.25, 0.3) is 0 Å². The van der Waals surface area contributed by atoms with Gasteiger partial charge >= 0.3 is 0 Å². The van der Waals surface area contributed by atoms with Crippen LogP contribution >= 0.6 is 0 Å². The van der Waals surface area contributed by atoms with Gasteiger partial charge in [-0.1, -0.05) is 13.0 Å². The molecule has 4 heteroatoms. The number of phenols is 1. The van der Waals surface area contributed by atoms with Gasteiger partial charge in [-0.3, -0.25) is 4.79 Å². The summed E-state index contributed by atoms with van der Waals surface area (Å²) in [6.45, 7) is 5.47. The number of benzene rings is 1. The molecule has 0 saturated heterocycles. The molecule has 1 rings (SSSR count). The summed E-state index contributed by atoms with van der Waals surface area (Å²) in [5.41, 5.74) is 0.316. The third-order valence-corrected chi connectivity index (χ3v) is 2.67. The van der Waals surface area contributed by atoms with Crippen LogP contribution in [0.3, 0.4) is 0 Å². The second-order valence-corrected chi connectivity index (χ2v) is 5.18. The van der Waals surface area contributed by atoms with Crippen molar-refractivity contribution in [2.75, 3.05) is 13.6 Å². The zero-order chi connectivity index (χ0) is 13.9. The van der Waals surface area contributed by atoms with Crippen LogP contribution in [0.2, 0.25) is 0 Å². The molecule has 0 aliphatic carbocycles. The minimum absolute atomic E-state index is 0.0280. The van der Waals surface area contributed by atoms with Crippen LogP contribution in [0.4, 0.5) is 0 Å². The molecular formula is C14H21NO3. The van der Waals surface area contributed by atoms with E-state index in [2.05, 4.69) is 0 Å². The van der Waals surface area contributed by atoms with Crippen molar-refractivity contribution in [1.29, 1.82) is 0 Å². The Labute approximate surface area is 108 Å². The van der Waals surface area contributed by atoms with Crippen LogP contribution in [0.1, 0.15) is 36.7 Å². The molecular weight excluding hydrogens is 230 g/mol. The van der Waals surface area contributed by atoms with Crippen molar-refractivity contribution in [3.05, 3.63) is 29.3 Å². The second kappa shape index (κ2) is 5.40. The lowest BCUT2D eigenvalue weighted by Gasteiger charge is -2.26. The molecule has 0 aromatic heterocycles. The quantitative estimate of drug-likeness (QED) is 0.857. The van der Waals surface area contributed by atoms with E-state index in [4.69, 9.17) is 0 Å². The van der Waals surface area contributed by atoms with Crippen LogP contribution in [0, 0.1) is 0 Å². The fraction of sp³-hybridized carbons (Fsp3) is 0.500. The number of nitrogens with zero attached hydrogens (tertiary/aromatic N) is 1. The highest BCUT2D eigenvalue weighted by Gasteiger charge is 2.22. The van der Waals surface area contributed by atoms with Crippen molar-refractivity contribution >= 4 is 5.91 Å². The third-order valence-electron chi connectivity index (χ3n) is 2.67.